The van der Waals surface area contributed by atoms with Gasteiger partial charge < -0.3 is 21.3 Å². The average molecular weight is 513 g/mol. The van der Waals surface area contributed by atoms with E-state index in [9.17, 15) is 23.6 Å². The van der Waals surface area contributed by atoms with Crippen molar-refractivity contribution < 1.29 is 23.6 Å². The fourth-order valence-electron chi connectivity index (χ4n) is 3.85. The number of rotatable bonds is 8. The van der Waals surface area contributed by atoms with Crippen LogP contribution < -0.4 is 16.4 Å². The van der Waals surface area contributed by atoms with Crippen molar-refractivity contribution in [3.63, 3.8) is 0 Å². The number of aromatic nitrogens is 2. The number of benzene rings is 2. The minimum Gasteiger partial charge on any atom is -0.364 e. The maximum Gasteiger partial charge on any atom is 0.272 e. The predicted octanol–water partition coefficient (Wildman–Crippen LogP) is 2.37. The molecule has 12 heteroatoms. The molecule has 1 saturated heterocycles. The van der Waals surface area contributed by atoms with Crippen molar-refractivity contribution in [3.05, 3.63) is 76.6 Å². The summed E-state index contributed by atoms with van der Waals surface area (Å²) < 4.78 is 14.6. The molecule has 4 rings (SSSR count). The first-order chi connectivity index (χ1) is 17.2. The average Bonchev–Trinajstić information content (AvgIpc) is 3.46. The summed E-state index contributed by atoms with van der Waals surface area (Å²) in [6.45, 7) is 1.23. The molecule has 0 radical (unpaired) electrons. The lowest BCUT2D eigenvalue weighted by Crippen LogP contribution is -2.36. The van der Waals surface area contributed by atoms with Crippen LogP contribution in [0.25, 0.3) is 5.69 Å². The highest BCUT2D eigenvalue weighted by molar-refractivity contribution is 6.34. The van der Waals surface area contributed by atoms with E-state index >= 15 is 0 Å². The lowest BCUT2D eigenvalue weighted by Gasteiger charge is -2.15. The molecule has 3 aromatic rings. The molecule has 1 aliphatic heterocycles. The standard InChI is InChI=1S/C24H22ClFN6O4/c25-18-12-14(26)3-8-17(18)23(35)30-15-4-6-16(7-5-15)32-13-29-20(21(32)22(27)34)24(36)28-9-11-31-10-1-2-19(31)33/h3-8,12-13H,1-2,9-11H2,(H2,27,34)(H,28,36)(H,30,35). The molecule has 0 saturated carbocycles. The van der Waals surface area contributed by atoms with Crippen molar-refractivity contribution in [1.29, 1.82) is 0 Å². The number of carbonyl (C=O) groups is 4. The lowest BCUT2D eigenvalue weighted by atomic mass is 10.2. The molecule has 0 bridgehead atoms. The summed E-state index contributed by atoms with van der Waals surface area (Å²) >= 11 is 5.94. The van der Waals surface area contributed by atoms with Gasteiger partial charge in [0.15, 0.2) is 5.69 Å². The van der Waals surface area contributed by atoms with E-state index in [2.05, 4.69) is 15.6 Å². The number of hydrogen-bond donors (Lipinski definition) is 3. The molecule has 0 atom stereocenters. The van der Waals surface area contributed by atoms with Crippen LogP contribution in [0.15, 0.2) is 48.8 Å². The third-order valence-corrected chi connectivity index (χ3v) is 5.95. The maximum absolute atomic E-state index is 13.2. The number of carbonyl (C=O) groups excluding carboxylic acids is 4. The molecule has 0 aliphatic carbocycles. The van der Waals surface area contributed by atoms with E-state index in [1.165, 1.54) is 17.0 Å². The van der Waals surface area contributed by atoms with Crippen LogP contribution in [-0.2, 0) is 4.79 Å². The molecular formula is C24H22ClFN6O4. The van der Waals surface area contributed by atoms with Gasteiger partial charge in [0, 0.05) is 37.4 Å². The van der Waals surface area contributed by atoms with E-state index in [1.54, 1.807) is 29.2 Å². The highest BCUT2D eigenvalue weighted by Gasteiger charge is 2.24. The smallest absolute Gasteiger partial charge is 0.272 e. The molecule has 0 spiro atoms. The fourth-order valence-corrected chi connectivity index (χ4v) is 4.10. The minimum atomic E-state index is -0.851. The van der Waals surface area contributed by atoms with Crippen LogP contribution in [0, 0.1) is 5.82 Å². The first-order valence-corrected chi connectivity index (χ1v) is 11.4. The molecule has 36 heavy (non-hydrogen) atoms. The fraction of sp³-hybridized carbons (Fsp3) is 0.208. The molecule has 4 amide bonds. The van der Waals surface area contributed by atoms with Crippen molar-refractivity contribution in [2.45, 2.75) is 12.8 Å². The number of anilines is 1. The Bertz CT molecular complexity index is 1340. The topological polar surface area (TPSA) is 139 Å². The SMILES string of the molecule is NC(=O)c1c(C(=O)NCCN2CCCC2=O)ncn1-c1ccc(NC(=O)c2ccc(F)cc2Cl)cc1. The first kappa shape index (κ1) is 24.9. The van der Waals surface area contributed by atoms with Gasteiger partial charge in [0.05, 0.1) is 10.6 Å². The Morgan fingerprint density at radius 2 is 1.86 bits per heavy atom. The van der Waals surface area contributed by atoms with Crippen LogP contribution in [-0.4, -0.2) is 57.7 Å². The van der Waals surface area contributed by atoms with Gasteiger partial charge in [-0.3, -0.25) is 23.7 Å². The quantitative estimate of drug-likeness (QED) is 0.425. The monoisotopic (exact) mass is 512 g/mol. The van der Waals surface area contributed by atoms with Gasteiger partial charge in [-0.15, -0.1) is 0 Å². The summed E-state index contributed by atoms with van der Waals surface area (Å²) in [5.41, 5.74) is 6.28. The lowest BCUT2D eigenvalue weighted by molar-refractivity contribution is -0.127. The van der Waals surface area contributed by atoms with E-state index in [4.69, 9.17) is 17.3 Å². The molecule has 1 aliphatic rings. The molecule has 0 unspecified atom stereocenters. The molecule has 1 aromatic heterocycles. The van der Waals surface area contributed by atoms with E-state index in [1.807, 2.05) is 0 Å². The van der Waals surface area contributed by atoms with Gasteiger partial charge in [0.2, 0.25) is 5.91 Å². The second-order valence-electron chi connectivity index (χ2n) is 8.04. The third kappa shape index (κ3) is 5.36. The highest BCUT2D eigenvalue weighted by atomic mass is 35.5. The molecule has 4 N–H and O–H groups in total. The largest absolute Gasteiger partial charge is 0.364 e. The van der Waals surface area contributed by atoms with Crippen molar-refractivity contribution >= 4 is 40.9 Å². The Balaban J connectivity index is 1.46. The summed E-state index contributed by atoms with van der Waals surface area (Å²) in [6, 6.07) is 9.79. The summed E-state index contributed by atoms with van der Waals surface area (Å²) in [4.78, 5) is 54.7. The van der Waals surface area contributed by atoms with Gasteiger partial charge >= 0.3 is 0 Å². The van der Waals surface area contributed by atoms with Crippen LogP contribution in [0.1, 0.15) is 44.2 Å². The zero-order valence-electron chi connectivity index (χ0n) is 19.0. The van der Waals surface area contributed by atoms with Crippen molar-refractivity contribution in [3.8, 4) is 5.69 Å². The van der Waals surface area contributed by atoms with Crippen molar-refractivity contribution in [2.24, 2.45) is 5.73 Å². The Labute approximate surface area is 210 Å². The second-order valence-corrected chi connectivity index (χ2v) is 8.45. The third-order valence-electron chi connectivity index (χ3n) is 5.63. The van der Waals surface area contributed by atoms with Crippen LogP contribution in [0.2, 0.25) is 5.02 Å². The van der Waals surface area contributed by atoms with Crippen molar-refractivity contribution in [2.75, 3.05) is 25.0 Å². The number of primary amides is 1. The Morgan fingerprint density at radius 3 is 2.50 bits per heavy atom. The normalized spacial score (nSPS) is 13.1. The van der Waals surface area contributed by atoms with Gasteiger partial charge in [0.1, 0.15) is 17.8 Å². The summed E-state index contributed by atoms with van der Waals surface area (Å²) in [7, 11) is 0. The molecular weight excluding hydrogens is 491 g/mol. The summed E-state index contributed by atoms with van der Waals surface area (Å²) in [5.74, 6) is -2.47. The molecule has 2 heterocycles. The van der Waals surface area contributed by atoms with E-state index in [0.717, 1.165) is 18.6 Å². The Hall–Kier alpha value is -4.25. The zero-order valence-corrected chi connectivity index (χ0v) is 19.7. The van der Waals surface area contributed by atoms with Crippen LogP contribution >= 0.6 is 11.6 Å². The van der Waals surface area contributed by atoms with Crippen LogP contribution in [0.3, 0.4) is 0 Å². The van der Waals surface area contributed by atoms with Gasteiger partial charge in [-0.1, -0.05) is 11.6 Å². The number of likely N-dealkylation sites (tertiary alicyclic amines) is 1. The molecule has 2 aromatic carbocycles. The van der Waals surface area contributed by atoms with Gasteiger partial charge in [-0.2, -0.15) is 0 Å². The van der Waals surface area contributed by atoms with Crippen LogP contribution in [0.5, 0.6) is 0 Å². The first-order valence-electron chi connectivity index (χ1n) is 11.0. The summed E-state index contributed by atoms with van der Waals surface area (Å²) in [6.07, 6.45) is 2.60. The van der Waals surface area contributed by atoms with Gasteiger partial charge in [-0.05, 0) is 48.9 Å². The highest BCUT2D eigenvalue weighted by Crippen LogP contribution is 2.21. The van der Waals surface area contributed by atoms with Gasteiger partial charge in [0.25, 0.3) is 17.7 Å². The maximum atomic E-state index is 13.2. The summed E-state index contributed by atoms with van der Waals surface area (Å²) in [5, 5.41) is 5.29. The minimum absolute atomic E-state index is 0.0218. The number of amides is 4. The number of nitrogens with one attached hydrogen (secondary N) is 2. The second kappa shape index (κ2) is 10.6. The molecule has 186 valence electrons. The number of halogens is 2. The number of hydrogen-bond acceptors (Lipinski definition) is 5. The predicted molar refractivity (Wildman–Crippen MR) is 130 cm³/mol. The number of nitrogens with two attached hydrogens (primary N) is 1. The van der Waals surface area contributed by atoms with Gasteiger partial charge in [-0.25, -0.2) is 9.37 Å². The Kier molecular flexibility index (Phi) is 7.30. The number of nitrogens with zero attached hydrogens (tertiary/aromatic N) is 3. The zero-order chi connectivity index (χ0) is 25.8. The van der Waals surface area contributed by atoms with E-state index in [0.29, 0.717) is 30.9 Å². The molecule has 1 fully saturated rings. The van der Waals surface area contributed by atoms with E-state index in [-0.39, 0.29) is 34.4 Å². The molecule has 10 nitrogen and oxygen atoms in total. The number of imidazole rings is 1. The van der Waals surface area contributed by atoms with E-state index < -0.39 is 23.5 Å². The Morgan fingerprint density at radius 1 is 1.11 bits per heavy atom. The van der Waals surface area contributed by atoms with Crippen LogP contribution in [0.4, 0.5) is 10.1 Å². The van der Waals surface area contributed by atoms with Crippen molar-refractivity contribution in [1.82, 2.24) is 19.8 Å².